The molecule has 1 aliphatic rings. The number of fused-ring (bicyclic) bond motifs is 11. The Bertz CT molecular complexity index is 3010. The number of aromatic nitrogens is 2. The van der Waals surface area contributed by atoms with E-state index in [1.165, 1.54) is 71.2 Å². The molecular formula is C46H32N2OSi. The van der Waals surface area contributed by atoms with Gasteiger partial charge in [-0.25, -0.2) is 0 Å². The number of hydrogen-bond acceptors (Lipinski definition) is 1. The number of furan rings is 1. The van der Waals surface area contributed by atoms with Crippen LogP contribution in [0, 0.1) is 0 Å². The van der Waals surface area contributed by atoms with Crippen molar-refractivity contribution in [2.24, 2.45) is 0 Å². The Labute approximate surface area is 290 Å². The van der Waals surface area contributed by atoms with Crippen LogP contribution >= 0.6 is 0 Å². The van der Waals surface area contributed by atoms with Crippen LogP contribution < -0.4 is 10.4 Å². The van der Waals surface area contributed by atoms with E-state index in [2.05, 4.69) is 180 Å². The van der Waals surface area contributed by atoms with Crippen LogP contribution in [-0.4, -0.2) is 17.2 Å². The molecule has 1 aliphatic heterocycles. The predicted octanol–water partition coefficient (Wildman–Crippen LogP) is 11.1. The molecular weight excluding hydrogens is 625 g/mol. The first-order chi connectivity index (χ1) is 24.6. The lowest BCUT2D eigenvalue weighted by atomic mass is 10.0. The Morgan fingerprint density at radius 2 is 1.12 bits per heavy atom. The minimum atomic E-state index is -2.05. The van der Waals surface area contributed by atoms with Crippen molar-refractivity contribution in [2.45, 2.75) is 13.1 Å². The minimum absolute atomic E-state index is 0.921. The summed E-state index contributed by atoms with van der Waals surface area (Å²) in [6, 6.07) is 57.6. The molecule has 0 saturated heterocycles. The van der Waals surface area contributed by atoms with Crippen molar-refractivity contribution in [2.75, 3.05) is 0 Å². The van der Waals surface area contributed by atoms with E-state index in [0.717, 1.165) is 27.6 Å². The molecule has 0 amide bonds. The van der Waals surface area contributed by atoms with Crippen LogP contribution in [0.5, 0.6) is 0 Å². The fourth-order valence-electron chi connectivity index (χ4n) is 8.89. The predicted molar refractivity (Wildman–Crippen MR) is 213 cm³/mol. The Morgan fingerprint density at radius 1 is 0.480 bits per heavy atom. The van der Waals surface area contributed by atoms with Gasteiger partial charge in [0, 0.05) is 32.6 Å². The Hall–Kier alpha value is -6.10. The molecule has 0 atom stereocenters. The van der Waals surface area contributed by atoms with E-state index in [1.807, 2.05) is 0 Å². The molecule has 11 rings (SSSR count). The molecule has 4 heteroatoms. The first-order valence-electron chi connectivity index (χ1n) is 17.4. The number of rotatable bonds is 3. The summed E-state index contributed by atoms with van der Waals surface area (Å²) in [7, 11) is -2.05. The van der Waals surface area contributed by atoms with Crippen LogP contribution in [0.25, 0.3) is 88.4 Å². The largest absolute Gasteiger partial charge is 0.454 e. The first kappa shape index (κ1) is 27.8. The molecule has 0 bridgehead atoms. The van der Waals surface area contributed by atoms with Gasteiger partial charge < -0.3 is 13.6 Å². The van der Waals surface area contributed by atoms with Gasteiger partial charge in [0.2, 0.25) is 0 Å². The highest BCUT2D eigenvalue weighted by atomic mass is 28.3. The molecule has 10 aromatic rings. The summed E-state index contributed by atoms with van der Waals surface area (Å²) in [6.07, 6.45) is 0. The van der Waals surface area contributed by atoms with Gasteiger partial charge in [0.15, 0.2) is 5.58 Å². The molecule has 0 aliphatic carbocycles. The van der Waals surface area contributed by atoms with Gasteiger partial charge in [-0.05, 0) is 81.7 Å². The lowest BCUT2D eigenvalue weighted by Crippen LogP contribution is -2.49. The number of hydrogen-bond donors (Lipinski definition) is 0. The highest BCUT2D eigenvalue weighted by Crippen LogP contribution is 2.42. The normalized spacial score (nSPS) is 13.6. The standard InChI is InChI=1S/C46H32N2OSi/c1-50(2)43-22-11-8-17-35(43)44-46(50)37-28-30(24-26-40(37)48(44)41-20-12-18-34-33-16-7-10-21-42(33)49-45(34)41)29-23-25-39-36(27-29)32-15-6-9-19-38(32)47(39)31-13-4-3-5-14-31/h3-28H,1-2H3. The average Bonchev–Trinajstić information content (AvgIpc) is 3.87. The van der Waals surface area contributed by atoms with E-state index in [4.69, 9.17) is 4.42 Å². The van der Waals surface area contributed by atoms with Crippen molar-refractivity contribution in [1.29, 1.82) is 0 Å². The summed E-state index contributed by atoms with van der Waals surface area (Å²) >= 11 is 0. The number of benzene rings is 7. The summed E-state index contributed by atoms with van der Waals surface area (Å²) in [5.41, 5.74) is 12.9. The second-order valence-corrected chi connectivity index (χ2v) is 18.4. The van der Waals surface area contributed by atoms with Gasteiger partial charge in [-0.2, -0.15) is 0 Å². The average molecular weight is 657 g/mol. The first-order valence-corrected chi connectivity index (χ1v) is 20.4. The topological polar surface area (TPSA) is 23.0 Å². The molecule has 0 unspecified atom stereocenters. The maximum absolute atomic E-state index is 6.65. The smallest absolute Gasteiger partial charge is 0.159 e. The SMILES string of the molecule is C[Si]1(C)c2ccccc2-c2c1c1cc(-c3ccc4c(c3)c3ccccc3n4-c3ccccc3)ccc1n2-c1cccc2c1oc1ccccc12. The second-order valence-electron chi connectivity index (χ2n) is 14.1. The molecule has 236 valence electrons. The minimum Gasteiger partial charge on any atom is -0.454 e. The maximum atomic E-state index is 6.65. The van der Waals surface area contributed by atoms with Gasteiger partial charge in [-0.15, -0.1) is 0 Å². The summed E-state index contributed by atoms with van der Waals surface area (Å²) in [6.45, 7) is 5.03. The van der Waals surface area contributed by atoms with Crippen LogP contribution in [0.3, 0.4) is 0 Å². The zero-order chi connectivity index (χ0) is 33.1. The van der Waals surface area contributed by atoms with E-state index in [0.29, 0.717) is 0 Å². The summed E-state index contributed by atoms with van der Waals surface area (Å²) < 4.78 is 11.5. The van der Waals surface area contributed by atoms with Gasteiger partial charge in [0.1, 0.15) is 13.7 Å². The zero-order valence-electron chi connectivity index (χ0n) is 27.8. The lowest BCUT2D eigenvalue weighted by Gasteiger charge is -2.19. The van der Waals surface area contributed by atoms with Gasteiger partial charge in [-0.3, -0.25) is 0 Å². The summed E-state index contributed by atoms with van der Waals surface area (Å²) in [5.74, 6) is 0. The molecule has 0 radical (unpaired) electrons. The van der Waals surface area contributed by atoms with Crippen molar-refractivity contribution in [3.63, 3.8) is 0 Å². The third-order valence-electron chi connectivity index (χ3n) is 11.1. The maximum Gasteiger partial charge on any atom is 0.159 e. The monoisotopic (exact) mass is 656 g/mol. The van der Waals surface area contributed by atoms with Crippen LogP contribution in [0.2, 0.25) is 13.1 Å². The van der Waals surface area contributed by atoms with Gasteiger partial charge in [0.05, 0.1) is 27.9 Å². The highest BCUT2D eigenvalue weighted by Gasteiger charge is 2.42. The van der Waals surface area contributed by atoms with E-state index < -0.39 is 8.07 Å². The van der Waals surface area contributed by atoms with Crippen molar-refractivity contribution in [3.8, 4) is 33.8 Å². The number of nitrogens with zero attached hydrogens (tertiary/aromatic N) is 2. The van der Waals surface area contributed by atoms with Crippen LogP contribution in [-0.2, 0) is 0 Å². The molecule has 7 aromatic carbocycles. The van der Waals surface area contributed by atoms with Gasteiger partial charge in [0.25, 0.3) is 0 Å². The van der Waals surface area contributed by atoms with Crippen LogP contribution in [0.15, 0.2) is 162 Å². The van der Waals surface area contributed by atoms with E-state index in [-0.39, 0.29) is 0 Å². The molecule has 3 aromatic heterocycles. The fourth-order valence-corrected chi connectivity index (χ4v) is 12.3. The Balaban J connectivity index is 1.18. The molecule has 0 fully saturated rings. The van der Waals surface area contributed by atoms with Crippen LogP contribution in [0.4, 0.5) is 0 Å². The quantitative estimate of drug-likeness (QED) is 0.174. The Kier molecular flexibility index (Phi) is 5.55. The molecule has 0 spiro atoms. The fraction of sp³-hybridized carbons (Fsp3) is 0.0435. The van der Waals surface area contributed by atoms with E-state index in [9.17, 15) is 0 Å². The molecule has 4 heterocycles. The molecule has 3 nitrogen and oxygen atoms in total. The third-order valence-corrected chi connectivity index (χ3v) is 14.6. The summed E-state index contributed by atoms with van der Waals surface area (Å²) in [4.78, 5) is 0. The highest BCUT2D eigenvalue weighted by molar-refractivity contribution is 7.05. The summed E-state index contributed by atoms with van der Waals surface area (Å²) in [5, 5.41) is 9.18. The van der Waals surface area contributed by atoms with Crippen molar-refractivity contribution in [3.05, 3.63) is 158 Å². The molecule has 0 N–H and O–H groups in total. The Morgan fingerprint density at radius 3 is 1.96 bits per heavy atom. The van der Waals surface area contributed by atoms with Crippen molar-refractivity contribution >= 4 is 73.1 Å². The number of para-hydroxylation sites is 4. The van der Waals surface area contributed by atoms with Gasteiger partial charge >= 0.3 is 0 Å². The van der Waals surface area contributed by atoms with Gasteiger partial charge in [-0.1, -0.05) is 116 Å². The van der Waals surface area contributed by atoms with E-state index >= 15 is 0 Å². The van der Waals surface area contributed by atoms with Crippen molar-refractivity contribution in [1.82, 2.24) is 9.13 Å². The lowest BCUT2D eigenvalue weighted by molar-refractivity contribution is 0.666. The molecule has 0 saturated carbocycles. The molecule has 50 heavy (non-hydrogen) atoms. The van der Waals surface area contributed by atoms with Crippen molar-refractivity contribution < 1.29 is 4.42 Å². The third kappa shape index (κ3) is 3.63. The van der Waals surface area contributed by atoms with Crippen LogP contribution in [0.1, 0.15) is 0 Å². The van der Waals surface area contributed by atoms with E-state index in [1.54, 1.807) is 0 Å². The zero-order valence-corrected chi connectivity index (χ0v) is 28.8. The second kappa shape index (κ2) is 9.97.